The summed E-state index contributed by atoms with van der Waals surface area (Å²) >= 11 is 0. The summed E-state index contributed by atoms with van der Waals surface area (Å²) in [6.07, 6.45) is 0. The van der Waals surface area contributed by atoms with Crippen LogP contribution in [0.4, 0.5) is 0 Å². The van der Waals surface area contributed by atoms with Crippen molar-refractivity contribution in [1.82, 2.24) is 0 Å². The molecule has 4 nitrogen and oxygen atoms in total. The summed E-state index contributed by atoms with van der Waals surface area (Å²) in [7, 11) is 0. The zero-order valence-corrected chi connectivity index (χ0v) is 8.22. The Morgan fingerprint density at radius 1 is 1.29 bits per heavy atom. The average molecular weight is 244 g/mol. The van der Waals surface area contributed by atoms with Crippen molar-refractivity contribution in [3.05, 3.63) is 29.8 Å². The molecule has 0 heterocycles. The van der Waals surface area contributed by atoms with Crippen molar-refractivity contribution in [3.63, 3.8) is 0 Å². The van der Waals surface area contributed by atoms with E-state index in [0.29, 0.717) is 0 Å². The molecule has 14 heavy (non-hydrogen) atoms. The largest absolute Gasteiger partial charge is 2.00 e. The van der Waals surface area contributed by atoms with Gasteiger partial charge in [0.2, 0.25) is 0 Å². The van der Waals surface area contributed by atoms with Crippen LogP contribution < -0.4 is 4.74 Å². The zero-order valence-electron chi connectivity index (χ0n) is 7.28. The number of benzene rings is 1. The molecule has 5 heteroatoms. The molecule has 0 aliphatic carbocycles. The first kappa shape index (κ1) is 12.7. The second kappa shape index (κ2) is 5.42. The summed E-state index contributed by atoms with van der Waals surface area (Å²) in [6, 6.07) is 5.98. The van der Waals surface area contributed by atoms with Crippen molar-refractivity contribution in [2.45, 2.75) is 6.92 Å². The zero-order chi connectivity index (χ0) is 9.84. The molecule has 0 saturated heterocycles. The van der Waals surface area contributed by atoms with E-state index in [4.69, 9.17) is 5.11 Å². The molecule has 0 aliphatic rings. The number of hydrogen-bond donors (Lipinski definition) is 1. The van der Waals surface area contributed by atoms with Crippen molar-refractivity contribution < 1.29 is 36.5 Å². The molecule has 0 bridgehead atoms. The van der Waals surface area contributed by atoms with Crippen molar-refractivity contribution in [1.29, 1.82) is 0 Å². The summed E-state index contributed by atoms with van der Waals surface area (Å²) in [5.41, 5.74) is -0.0160. The van der Waals surface area contributed by atoms with Crippen molar-refractivity contribution in [3.8, 4) is 5.75 Å². The van der Waals surface area contributed by atoms with Crippen LogP contribution in [0.3, 0.4) is 0 Å². The molecule has 1 radical (unpaired) electrons. The Morgan fingerprint density at radius 3 is 2.36 bits per heavy atom. The quantitative estimate of drug-likeness (QED) is 0.483. The van der Waals surface area contributed by atoms with Crippen LogP contribution in [-0.4, -0.2) is 17.0 Å². The van der Waals surface area contributed by atoms with E-state index in [1.54, 1.807) is 12.1 Å². The second-order valence-corrected chi connectivity index (χ2v) is 2.39. The first-order valence-electron chi connectivity index (χ1n) is 3.62. The van der Waals surface area contributed by atoms with Gasteiger partial charge in [-0.1, -0.05) is 12.1 Å². The van der Waals surface area contributed by atoms with Crippen molar-refractivity contribution in [2.24, 2.45) is 0 Å². The average Bonchev–Trinajstić information content (AvgIpc) is 2.03. The molecule has 1 N–H and O–H groups in total. The normalized spacial score (nSPS) is 8.64. The van der Waals surface area contributed by atoms with E-state index in [1.807, 2.05) is 0 Å². The third kappa shape index (κ3) is 3.20. The molecule has 0 unspecified atom stereocenters. The van der Waals surface area contributed by atoms with Gasteiger partial charge in [-0.2, -0.15) is 0 Å². The third-order valence-corrected chi connectivity index (χ3v) is 1.37. The molecular weight excluding hydrogens is 236 g/mol. The molecule has 0 amide bonds. The van der Waals surface area contributed by atoms with Gasteiger partial charge in [0.05, 0.1) is 0 Å². The topological polar surface area (TPSA) is 63.6 Å². The molecule has 0 spiro atoms. The Labute approximate surface area is 91.4 Å². The Bertz CT molecular complexity index is 348. The van der Waals surface area contributed by atoms with E-state index >= 15 is 0 Å². The van der Waals surface area contributed by atoms with E-state index in [0.717, 1.165) is 0 Å². The standard InChI is InChI=1S/C9H8O4.Cu/c1-6(10)13-8-5-3-2-4-7(8)9(11)12;/h2-5H,1H3,(H,11,12);/q;+2. The smallest absolute Gasteiger partial charge is 0.478 e. The molecule has 0 fully saturated rings. The van der Waals surface area contributed by atoms with Gasteiger partial charge < -0.3 is 9.84 Å². The fraction of sp³-hybridized carbons (Fsp3) is 0.111. The summed E-state index contributed by atoms with van der Waals surface area (Å²) in [5.74, 6) is -1.58. The number of ether oxygens (including phenoxy) is 1. The summed E-state index contributed by atoms with van der Waals surface area (Å²) < 4.78 is 4.69. The van der Waals surface area contributed by atoms with E-state index < -0.39 is 11.9 Å². The Kier molecular flexibility index (Phi) is 4.91. The van der Waals surface area contributed by atoms with Crippen LogP contribution in [0.15, 0.2) is 24.3 Å². The molecule has 0 aliphatic heterocycles. The van der Waals surface area contributed by atoms with Gasteiger partial charge in [-0.3, -0.25) is 4.79 Å². The van der Waals surface area contributed by atoms with Crippen LogP contribution in [0.1, 0.15) is 17.3 Å². The second-order valence-electron chi connectivity index (χ2n) is 2.39. The minimum Gasteiger partial charge on any atom is -0.478 e. The summed E-state index contributed by atoms with van der Waals surface area (Å²) in [4.78, 5) is 21.2. The number of aromatic carboxylic acids is 1. The molecule has 77 valence electrons. The number of rotatable bonds is 2. The Morgan fingerprint density at radius 2 is 1.86 bits per heavy atom. The maximum atomic E-state index is 10.6. The van der Waals surface area contributed by atoms with Crippen LogP contribution >= 0.6 is 0 Å². The van der Waals surface area contributed by atoms with Gasteiger partial charge in [0, 0.05) is 6.92 Å². The van der Waals surface area contributed by atoms with E-state index in [9.17, 15) is 9.59 Å². The third-order valence-electron chi connectivity index (χ3n) is 1.37. The van der Waals surface area contributed by atoms with E-state index in [2.05, 4.69) is 4.74 Å². The van der Waals surface area contributed by atoms with Crippen LogP contribution in [0.25, 0.3) is 0 Å². The molecule has 0 saturated carbocycles. The van der Waals surface area contributed by atoms with Gasteiger partial charge in [0.1, 0.15) is 11.3 Å². The fourth-order valence-corrected chi connectivity index (χ4v) is 0.887. The minimum absolute atomic E-state index is 0. The van der Waals surface area contributed by atoms with Crippen molar-refractivity contribution >= 4 is 11.9 Å². The van der Waals surface area contributed by atoms with E-state index in [1.165, 1.54) is 19.1 Å². The number of carboxylic acid groups (broad SMARTS) is 1. The van der Waals surface area contributed by atoms with Crippen molar-refractivity contribution in [2.75, 3.05) is 0 Å². The van der Waals surface area contributed by atoms with Gasteiger partial charge in [-0.15, -0.1) is 0 Å². The summed E-state index contributed by atoms with van der Waals surface area (Å²) in [5, 5.41) is 8.69. The van der Waals surface area contributed by atoms with E-state index in [-0.39, 0.29) is 28.4 Å². The Balaban J connectivity index is 0.00000169. The number of esters is 1. The molecule has 0 atom stereocenters. The minimum atomic E-state index is -1.11. The first-order chi connectivity index (χ1) is 6.11. The molecule has 1 aromatic carbocycles. The number of para-hydroxylation sites is 1. The predicted octanol–water partition coefficient (Wildman–Crippen LogP) is 1.31. The molecule has 0 aromatic heterocycles. The van der Waals surface area contributed by atoms with Crippen LogP contribution in [0.2, 0.25) is 0 Å². The van der Waals surface area contributed by atoms with Crippen LogP contribution in [0, 0.1) is 0 Å². The molecule has 1 aromatic rings. The molecule has 1 rings (SSSR count). The monoisotopic (exact) mass is 243 g/mol. The maximum absolute atomic E-state index is 10.6. The fourth-order valence-electron chi connectivity index (χ4n) is 0.887. The molecular formula is C9H8CuO4+2. The summed E-state index contributed by atoms with van der Waals surface area (Å²) in [6.45, 7) is 1.22. The van der Waals surface area contributed by atoms with Gasteiger partial charge in [-0.25, -0.2) is 4.79 Å². The SMILES string of the molecule is CC(=O)Oc1ccccc1C(=O)O.[Cu+2]. The maximum Gasteiger partial charge on any atom is 2.00 e. The predicted molar refractivity (Wildman–Crippen MR) is 44.7 cm³/mol. The van der Waals surface area contributed by atoms with Gasteiger partial charge in [0.25, 0.3) is 0 Å². The number of carboxylic acids is 1. The number of hydrogen-bond acceptors (Lipinski definition) is 3. The van der Waals surface area contributed by atoms with Gasteiger partial charge in [-0.05, 0) is 12.1 Å². The van der Waals surface area contributed by atoms with Gasteiger partial charge in [0.15, 0.2) is 0 Å². The first-order valence-corrected chi connectivity index (χ1v) is 3.62. The van der Waals surface area contributed by atoms with Crippen LogP contribution in [0.5, 0.6) is 5.75 Å². The number of carbonyl (C=O) groups is 2. The van der Waals surface area contributed by atoms with Crippen LogP contribution in [-0.2, 0) is 21.9 Å². The number of carbonyl (C=O) groups excluding carboxylic acids is 1. The Hall–Kier alpha value is -1.32. The van der Waals surface area contributed by atoms with Gasteiger partial charge >= 0.3 is 29.0 Å².